The second kappa shape index (κ2) is 4.67. The zero-order valence-electron chi connectivity index (χ0n) is 7.05. The second-order valence-corrected chi connectivity index (χ2v) is 3.66. The van der Waals surface area contributed by atoms with Crippen LogP contribution in [0.4, 0.5) is 0 Å². The number of rotatable bonds is 5. The van der Waals surface area contributed by atoms with E-state index >= 15 is 0 Å². The lowest BCUT2D eigenvalue weighted by atomic mass is 9.97. The minimum absolute atomic E-state index is 0.0254. The normalized spacial score (nSPS) is 18.8. The van der Waals surface area contributed by atoms with Crippen LogP contribution in [-0.4, -0.2) is 11.8 Å². The number of nitrogens with two attached hydrogens (primary N) is 1. The van der Waals surface area contributed by atoms with Crippen molar-refractivity contribution >= 4 is 17.5 Å². The van der Waals surface area contributed by atoms with E-state index in [2.05, 4.69) is 5.43 Å². The van der Waals surface area contributed by atoms with E-state index in [0.29, 0.717) is 11.8 Å². The molecule has 1 rings (SSSR count). The van der Waals surface area contributed by atoms with E-state index in [0.717, 1.165) is 12.8 Å². The molecule has 4 heteroatoms. The highest BCUT2D eigenvalue weighted by Gasteiger charge is 2.35. The summed E-state index contributed by atoms with van der Waals surface area (Å²) in [7, 11) is 0. The lowest BCUT2D eigenvalue weighted by molar-refractivity contribution is -0.125. The fourth-order valence-corrected chi connectivity index (χ4v) is 1.64. The Bertz CT molecular complexity index is 159. The maximum atomic E-state index is 11.2. The standard InChI is InChI=1S/C8H15ClN2O/c9-5-1-2-7(6-3-4-6)8(12)11-10/h6-7H,1-5,10H2,(H,11,12). The van der Waals surface area contributed by atoms with Gasteiger partial charge >= 0.3 is 0 Å². The first-order valence-electron chi connectivity index (χ1n) is 4.36. The van der Waals surface area contributed by atoms with Gasteiger partial charge in [-0.15, -0.1) is 11.6 Å². The molecule has 0 bridgehead atoms. The molecule has 1 fully saturated rings. The van der Waals surface area contributed by atoms with E-state index in [1.165, 1.54) is 12.8 Å². The summed E-state index contributed by atoms with van der Waals surface area (Å²) in [5, 5.41) is 0. The average Bonchev–Trinajstić information content (AvgIpc) is 2.88. The Morgan fingerprint density at radius 1 is 1.67 bits per heavy atom. The number of hydrazine groups is 1. The van der Waals surface area contributed by atoms with Crippen molar-refractivity contribution in [2.24, 2.45) is 17.7 Å². The predicted octanol–water partition coefficient (Wildman–Crippen LogP) is 1.02. The van der Waals surface area contributed by atoms with Gasteiger partial charge in [-0.1, -0.05) is 0 Å². The van der Waals surface area contributed by atoms with Gasteiger partial charge < -0.3 is 0 Å². The summed E-state index contributed by atoms with van der Waals surface area (Å²) in [5.41, 5.74) is 2.21. The molecule has 0 aliphatic heterocycles. The number of carbonyl (C=O) groups is 1. The summed E-state index contributed by atoms with van der Waals surface area (Å²) in [5.74, 6) is 6.35. The summed E-state index contributed by atoms with van der Waals surface area (Å²) in [4.78, 5) is 11.2. The van der Waals surface area contributed by atoms with Gasteiger partial charge in [0.25, 0.3) is 0 Å². The van der Waals surface area contributed by atoms with Crippen molar-refractivity contribution in [1.82, 2.24) is 5.43 Å². The van der Waals surface area contributed by atoms with Gasteiger partial charge in [0.2, 0.25) is 5.91 Å². The van der Waals surface area contributed by atoms with Gasteiger partial charge in [0.05, 0.1) is 0 Å². The first kappa shape index (κ1) is 9.81. The Morgan fingerprint density at radius 3 is 2.75 bits per heavy atom. The number of hydrogen-bond acceptors (Lipinski definition) is 2. The predicted molar refractivity (Wildman–Crippen MR) is 48.5 cm³/mol. The van der Waals surface area contributed by atoms with Crippen LogP contribution in [0.25, 0.3) is 0 Å². The Hall–Kier alpha value is -0.280. The Kier molecular flexibility index (Phi) is 3.82. The summed E-state index contributed by atoms with van der Waals surface area (Å²) in [6.45, 7) is 0. The molecular formula is C8H15ClN2O. The van der Waals surface area contributed by atoms with Crippen LogP contribution in [0.2, 0.25) is 0 Å². The smallest absolute Gasteiger partial charge is 0.237 e. The molecule has 0 heterocycles. The third-order valence-electron chi connectivity index (χ3n) is 2.32. The van der Waals surface area contributed by atoms with Crippen LogP contribution < -0.4 is 11.3 Å². The van der Waals surface area contributed by atoms with Crippen LogP contribution in [0.3, 0.4) is 0 Å². The average molecular weight is 191 g/mol. The maximum absolute atomic E-state index is 11.2. The van der Waals surface area contributed by atoms with Gasteiger partial charge in [0.1, 0.15) is 0 Å². The molecule has 1 saturated carbocycles. The van der Waals surface area contributed by atoms with Crippen LogP contribution in [0.15, 0.2) is 0 Å². The SMILES string of the molecule is NNC(=O)C(CCCCl)C1CC1. The first-order chi connectivity index (χ1) is 5.79. The van der Waals surface area contributed by atoms with E-state index in [1.54, 1.807) is 0 Å². The molecule has 0 aromatic carbocycles. The number of nitrogens with one attached hydrogen (secondary N) is 1. The summed E-state index contributed by atoms with van der Waals surface area (Å²) < 4.78 is 0. The molecule has 3 N–H and O–H groups in total. The molecule has 1 aliphatic rings. The fourth-order valence-electron chi connectivity index (χ4n) is 1.48. The van der Waals surface area contributed by atoms with Crippen molar-refractivity contribution in [1.29, 1.82) is 0 Å². The van der Waals surface area contributed by atoms with Crippen LogP contribution in [0.5, 0.6) is 0 Å². The molecule has 3 nitrogen and oxygen atoms in total. The van der Waals surface area contributed by atoms with Crippen molar-refractivity contribution in [2.45, 2.75) is 25.7 Å². The van der Waals surface area contributed by atoms with Crippen LogP contribution in [0, 0.1) is 11.8 Å². The van der Waals surface area contributed by atoms with E-state index < -0.39 is 0 Å². The number of carbonyl (C=O) groups excluding carboxylic acids is 1. The second-order valence-electron chi connectivity index (χ2n) is 3.28. The van der Waals surface area contributed by atoms with Gasteiger partial charge in [-0.3, -0.25) is 10.2 Å². The third kappa shape index (κ3) is 2.64. The van der Waals surface area contributed by atoms with E-state index in [-0.39, 0.29) is 11.8 Å². The van der Waals surface area contributed by atoms with Gasteiger partial charge in [0.15, 0.2) is 0 Å². The molecule has 0 aromatic heterocycles. The van der Waals surface area contributed by atoms with E-state index in [9.17, 15) is 4.79 Å². The van der Waals surface area contributed by atoms with Crippen LogP contribution in [0.1, 0.15) is 25.7 Å². The highest BCUT2D eigenvalue weighted by molar-refractivity contribution is 6.17. The van der Waals surface area contributed by atoms with Crippen LogP contribution >= 0.6 is 11.6 Å². The Morgan fingerprint density at radius 2 is 2.33 bits per heavy atom. The van der Waals surface area contributed by atoms with Crippen molar-refractivity contribution in [3.05, 3.63) is 0 Å². The largest absolute Gasteiger partial charge is 0.294 e. The highest BCUT2D eigenvalue weighted by atomic mass is 35.5. The van der Waals surface area contributed by atoms with Crippen molar-refractivity contribution in [2.75, 3.05) is 5.88 Å². The molecule has 0 saturated heterocycles. The molecule has 70 valence electrons. The van der Waals surface area contributed by atoms with Crippen LogP contribution in [-0.2, 0) is 4.79 Å². The lowest BCUT2D eigenvalue weighted by Gasteiger charge is -2.12. The number of alkyl halides is 1. The van der Waals surface area contributed by atoms with E-state index in [1.807, 2.05) is 0 Å². The molecule has 1 unspecified atom stereocenters. The number of halogens is 1. The summed E-state index contributed by atoms with van der Waals surface area (Å²) in [6, 6.07) is 0. The molecule has 1 aliphatic carbocycles. The molecule has 0 radical (unpaired) electrons. The van der Waals surface area contributed by atoms with Crippen molar-refractivity contribution in [3.8, 4) is 0 Å². The van der Waals surface area contributed by atoms with E-state index in [4.69, 9.17) is 17.4 Å². The quantitative estimate of drug-likeness (QED) is 0.294. The van der Waals surface area contributed by atoms with Gasteiger partial charge in [-0.05, 0) is 31.6 Å². The molecule has 1 atom stereocenters. The van der Waals surface area contributed by atoms with Crippen molar-refractivity contribution in [3.63, 3.8) is 0 Å². The molecule has 12 heavy (non-hydrogen) atoms. The highest BCUT2D eigenvalue weighted by Crippen LogP contribution is 2.39. The summed E-state index contributed by atoms with van der Waals surface area (Å²) >= 11 is 5.56. The fraction of sp³-hybridized carbons (Fsp3) is 0.875. The van der Waals surface area contributed by atoms with Gasteiger partial charge in [-0.2, -0.15) is 0 Å². The topological polar surface area (TPSA) is 55.1 Å². The molecule has 0 spiro atoms. The summed E-state index contributed by atoms with van der Waals surface area (Å²) in [6.07, 6.45) is 4.11. The monoisotopic (exact) mass is 190 g/mol. The minimum Gasteiger partial charge on any atom is -0.294 e. The molecule has 0 aromatic rings. The van der Waals surface area contributed by atoms with Gasteiger partial charge in [0, 0.05) is 11.8 Å². The zero-order chi connectivity index (χ0) is 8.97. The first-order valence-corrected chi connectivity index (χ1v) is 4.89. The number of hydrogen-bond donors (Lipinski definition) is 2. The maximum Gasteiger partial charge on any atom is 0.237 e. The van der Waals surface area contributed by atoms with Gasteiger partial charge in [-0.25, -0.2) is 5.84 Å². The molecule has 1 amide bonds. The molecular weight excluding hydrogens is 176 g/mol. The Labute approximate surface area is 77.6 Å². The third-order valence-corrected chi connectivity index (χ3v) is 2.59. The van der Waals surface area contributed by atoms with Crippen molar-refractivity contribution < 1.29 is 4.79 Å². The minimum atomic E-state index is -0.0254. The lowest BCUT2D eigenvalue weighted by Crippen LogP contribution is -2.36. The zero-order valence-corrected chi connectivity index (χ0v) is 7.81. The Balaban J connectivity index is 2.32. The number of amides is 1.